The Morgan fingerprint density at radius 2 is 1.26 bits per heavy atom. The molecule has 4 aliphatic carbocycles. The van der Waals surface area contributed by atoms with E-state index in [1.54, 1.807) is 14.1 Å². The second kappa shape index (κ2) is 36.4. The second-order valence-electron chi connectivity index (χ2n) is 32.2. The highest BCUT2D eigenvalue weighted by molar-refractivity contribution is 6.32. The topological polar surface area (TPSA) is 521 Å². The fraction of sp³-hybridized carbons (Fsp3) is 0.452. The first kappa shape index (κ1) is 85.8. The number of amides is 10. The fourth-order valence-corrected chi connectivity index (χ4v) is 17.7. The van der Waals surface area contributed by atoms with Crippen molar-refractivity contribution >= 4 is 70.9 Å². The Bertz CT molecular complexity index is 5010. The van der Waals surface area contributed by atoms with Crippen molar-refractivity contribution in [2.75, 3.05) is 54.0 Å². The summed E-state index contributed by atoms with van der Waals surface area (Å²) in [5.74, 6) is -13.5. The van der Waals surface area contributed by atoms with Gasteiger partial charge in [0.15, 0.2) is 29.1 Å². The highest BCUT2D eigenvalue weighted by Gasteiger charge is 2.53. The quantitative estimate of drug-likeness (QED) is 0.0489. The summed E-state index contributed by atoms with van der Waals surface area (Å²) in [4.78, 5) is 152. The van der Waals surface area contributed by atoms with E-state index in [0.29, 0.717) is 24.9 Å². The van der Waals surface area contributed by atoms with Gasteiger partial charge < -0.3 is 127 Å². The van der Waals surface area contributed by atoms with Gasteiger partial charge in [-0.25, -0.2) is 4.79 Å². The lowest BCUT2D eigenvalue weighted by atomic mass is 9.54. The number of carbonyl (C=O) groups excluding carboxylic acids is 10. The maximum absolute atomic E-state index is 16.6. The summed E-state index contributed by atoms with van der Waals surface area (Å²) in [6.07, 6.45) is -10.3. The number of phenols is 3. The van der Waals surface area contributed by atoms with Crippen LogP contribution in [0.4, 0.5) is 4.79 Å². The molecule has 11 aliphatic rings. The maximum Gasteiger partial charge on any atom is 0.407 e. The molecule has 37 heteroatoms. The average Bonchev–Trinajstić information content (AvgIpc) is 0.744. The summed E-state index contributed by atoms with van der Waals surface area (Å²) in [5.41, 5.74) is -1.94. The number of phenolic OH excluding ortho intramolecular Hbond substituents is 3. The van der Waals surface area contributed by atoms with E-state index >= 15 is 28.8 Å². The number of ether oxygens (including phenoxy) is 7. The third-order valence-corrected chi connectivity index (χ3v) is 23.6. The Kier molecular flexibility index (Phi) is 25.8. The van der Waals surface area contributed by atoms with Gasteiger partial charge in [0.05, 0.1) is 24.0 Å². The zero-order valence-corrected chi connectivity index (χ0v) is 67.5. The van der Waals surface area contributed by atoms with E-state index in [4.69, 9.17) is 44.8 Å². The first-order valence-electron chi connectivity index (χ1n) is 40.1. The van der Waals surface area contributed by atoms with E-state index in [9.17, 15) is 54.9 Å². The Morgan fingerprint density at radius 1 is 0.620 bits per heavy atom. The van der Waals surface area contributed by atoms with Gasteiger partial charge in [0.25, 0.3) is 5.91 Å². The van der Waals surface area contributed by atoms with Crippen molar-refractivity contribution in [3.8, 4) is 68.6 Å². The van der Waals surface area contributed by atoms with Crippen molar-refractivity contribution in [3.05, 3.63) is 141 Å². The number of carbonyl (C=O) groups is 10. The lowest BCUT2D eigenvalue weighted by Crippen LogP contribution is -2.65. The minimum absolute atomic E-state index is 0.0476. The molecule has 2 saturated heterocycles. The molecule has 0 aromatic heterocycles. The molecule has 6 fully saturated rings. The molecule has 121 heavy (non-hydrogen) atoms. The standard InChI is InChI=1S/C84H97ClN12O24/c1-35(2)19-50(88-6)76(107)96-67-69(102)40-8-12-54(36(3)20-40)117-58-29-45-30-59(73(58)120-83-72(105)71(104)74-60(119-83)34-89-84(114)121-74)118-55-13-9-41(27-49(55)85)70(103)68-82(113)95-66(80(111)92-63-43-22-37-21-38(24-43)25-44(63)23-37)48-31-46(98)32-53(100)62(48)47-26-39(7-11-52(47)99)64(78(109)97-68)94-79(110)65(45)93-77(108)51(90-81(67)112)33-61(101)91-75(106)42-10-14-56(115-17-15-86-4)57(28-42)116-18-16-87-5/h7-14,20,26-32,35,37-38,43-44,50-51,60,63-72,74,83,86-88,98-100,102-105H,15-19,21-25,33-34H2,1-6H3,(H,89,114)(H,90,112)(H,92,111)(H,93,108)(H,94,110)(H,95,113)(H,96,107)(H,97,109)(H,91,101,106)/t37?,38?,43?,44?,50-,51+,60-,63?,64-,65-,66+,67-,68+,69-,70-,71-,72-,74-,83+/m1/s1. The SMILES string of the molecule is CNCCOc1ccc(C(=O)NC(=O)C[C@@H]2NC(=O)[C@H](NC(=O)[C@@H](CC(C)C)NC)[C@H](O)c3ccc(c(C)c3)Oc3cc4cc(c3O[C@@H]3O[C@@H]5CNC(=O)O[C@H]5[C@H](O)[C@H]3O)Oc3ccc(cc3Cl)[C@@H](O)[C@@H]3NC(=O)[C@H](NC(=O)[C@@H]4NC2=O)c2ccc(O)c(c2)-c2c(O)cc(O)cc2[C@@H](C(=O)NC2C4CC5CC(C4)CC2C5)NC3=O)cc1OCCNC. The first-order chi connectivity index (χ1) is 57.9. The molecular formula is C84H97ClN12O24. The van der Waals surface area contributed by atoms with Crippen LogP contribution in [0.5, 0.6) is 57.5 Å². The number of aryl methyl sites for hydroxylation is 1. The van der Waals surface area contributed by atoms with E-state index in [0.717, 1.165) is 80.6 Å². The summed E-state index contributed by atoms with van der Waals surface area (Å²) in [6.45, 7) is 5.99. The van der Waals surface area contributed by atoms with Gasteiger partial charge in [-0.15, -0.1) is 0 Å². The fourth-order valence-electron chi connectivity index (χ4n) is 17.5. The molecule has 6 aromatic carbocycles. The molecule has 7 aliphatic heterocycles. The summed E-state index contributed by atoms with van der Waals surface area (Å²) < 4.78 is 43.6. The summed E-state index contributed by atoms with van der Waals surface area (Å²) in [5, 5.41) is 117. The number of rotatable bonds is 20. The van der Waals surface area contributed by atoms with E-state index < -0.39 is 191 Å². The highest BCUT2D eigenvalue weighted by atomic mass is 35.5. The van der Waals surface area contributed by atoms with E-state index in [1.165, 1.54) is 62.5 Å². The highest BCUT2D eigenvalue weighted by Crippen LogP contribution is 2.55. The zero-order valence-electron chi connectivity index (χ0n) is 66.7. The number of aliphatic hydroxyl groups excluding tert-OH is 4. The van der Waals surface area contributed by atoms with Crippen molar-refractivity contribution in [2.45, 2.75) is 157 Å². The number of imide groups is 1. The van der Waals surface area contributed by atoms with Crippen LogP contribution in [0.3, 0.4) is 0 Å². The van der Waals surface area contributed by atoms with Gasteiger partial charge in [-0.2, -0.15) is 0 Å². The smallest absolute Gasteiger partial charge is 0.407 e. The predicted molar refractivity (Wildman–Crippen MR) is 428 cm³/mol. The number of benzene rings is 6. The molecule has 0 spiro atoms. The summed E-state index contributed by atoms with van der Waals surface area (Å²) in [7, 11) is 4.91. The number of nitrogens with one attached hydrogen (secondary N) is 12. The van der Waals surface area contributed by atoms with Crippen LogP contribution in [0.25, 0.3) is 11.1 Å². The number of hydrogen-bond acceptors (Lipinski definition) is 27. The Labute approximate surface area is 698 Å². The third kappa shape index (κ3) is 18.5. The van der Waals surface area contributed by atoms with Crippen molar-refractivity contribution < 1.29 is 117 Å². The number of hydrogen-bond donors (Lipinski definition) is 19. The monoisotopic (exact) mass is 1690 g/mol. The number of fused-ring (bicyclic) bond motifs is 16. The number of halogens is 1. The molecule has 0 radical (unpaired) electrons. The molecule has 4 saturated carbocycles. The van der Waals surface area contributed by atoms with Gasteiger partial charge in [-0.3, -0.25) is 48.5 Å². The lowest BCUT2D eigenvalue weighted by Gasteiger charge is -2.54. The number of aliphatic hydroxyl groups is 4. The number of likely N-dealkylation sites (N-methyl/N-ethyl adjacent to an activating group) is 3. The minimum atomic E-state index is -2.36. The van der Waals surface area contributed by atoms with E-state index in [2.05, 4.69) is 63.8 Å². The van der Waals surface area contributed by atoms with Crippen LogP contribution >= 0.6 is 11.6 Å². The Hall–Kier alpha value is -11.6. The van der Waals surface area contributed by atoms with Crippen LogP contribution in [-0.4, -0.2) is 210 Å². The molecule has 10 amide bonds. The van der Waals surface area contributed by atoms with E-state index in [1.807, 2.05) is 13.8 Å². The molecule has 6 aromatic rings. The molecule has 36 nitrogen and oxygen atoms in total. The van der Waals surface area contributed by atoms with Gasteiger partial charge in [0.2, 0.25) is 59.3 Å². The van der Waals surface area contributed by atoms with Gasteiger partial charge in [0, 0.05) is 41.9 Å². The van der Waals surface area contributed by atoms with Crippen molar-refractivity contribution in [1.82, 2.24) is 63.8 Å². The number of aromatic hydroxyl groups is 3. The molecule has 17 rings (SSSR count). The molecule has 19 N–H and O–H groups in total. The lowest BCUT2D eigenvalue weighted by molar-refractivity contribution is -0.275. The molecule has 644 valence electrons. The molecule has 7 heterocycles. The third-order valence-electron chi connectivity index (χ3n) is 23.3. The van der Waals surface area contributed by atoms with Crippen molar-refractivity contribution in [2.24, 2.45) is 29.6 Å². The van der Waals surface area contributed by atoms with E-state index in [-0.39, 0.29) is 123 Å². The van der Waals surface area contributed by atoms with Gasteiger partial charge in [-0.05, 0) is 202 Å². The van der Waals surface area contributed by atoms with Gasteiger partial charge >= 0.3 is 6.09 Å². The van der Waals surface area contributed by atoms with Crippen LogP contribution in [-0.2, 0) is 47.8 Å². The van der Waals surface area contributed by atoms with Crippen LogP contribution in [0.1, 0.15) is 133 Å². The molecule has 0 unspecified atom stereocenters. The van der Waals surface area contributed by atoms with Gasteiger partial charge in [-0.1, -0.05) is 43.6 Å². The van der Waals surface area contributed by atoms with Gasteiger partial charge in [0.1, 0.15) is 109 Å². The molecular weight excluding hydrogens is 1600 g/mol. The molecule has 14 atom stereocenters. The normalized spacial score (nSPS) is 27.5. The summed E-state index contributed by atoms with van der Waals surface area (Å²) >= 11 is 7.23. The van der Waals surface area contributed by atoms with Crippen LogP contribution in [0, 0.1) is 36.5 Å². The Balaban J connectivity index is 0.943. The maximum atomic E-state index is 16.6. The minimum Gasteiger partial charge on any atom is -0.508 e. The average molecular weight is 1690 g/mol. The van der Waals surface area contributed by atoms with Crippen LogP contribution in [0.15, 0.2) is 97.1 Å². The van der Waals surface area contributed by atoms with Crippen LogP contribution < -0.4 is 87.5 Å². The van der Waals surface area contributed by atoms with Crippen LogP contribution in [0.2, 0.25) is 5.02 Å². The zero-order chi connectivity index (χ0) is 86.1. The second-order valence-corrected chi connectivity index (χ2v) is 32.6. The van der Waals surface area contributed by atoms with Crippen molar-refractivity contribution in [1.29, 1.82) is 0 Å². The largest absolute Gasteiger partial charge is 0.508 e. The van der Waals surface area contributed by atoms with Crippen molar-refractivity contribution in [3.63, 3.8) is 0 Å². The predicted octanol–water partition coefficient (Wildman–Crippen LogP) is 2.80. The first-order valence-corrected chi connectivity index (χ1v) is 40.5. The summed E-state index contributed by atoms with van der Waals surface area (Å²) in [6, 6.07) is 4.91. The number of alkyl carbamates (subject to hydrolysis) is 1. The molecule has 15 bridgehead atoms. The Morgan fingerprint density at radius 3 is 1.93 bits per heavy atom.